The van der Waals surface area contributed by atoms with Gasteiger partial charge in [0.25, 0.3) is 11.8 Å². The zero-order chi connectivity index (χ0) is 38.2. The standard InChI is InChI=1S/C34H40N12O6S/c1-6-45-26(14-19(3)41-45)31(48)39-33-37-23-18-22(53(36,50)51)10-11-25(23)43(33)12-8-9-13-44-29-24(16-21(30(35)47)17-28(29)52-5)38-34(44)40-32(49)27-15-20(4)42-46(27)7-2/h10-11,14-18H,6-9,12-13H2,1-5H3,(H2,35,47)(H2,36,50,51)(H,37,39,48)(H,38,40,49). The van der Waals surface area contributed by atoms with E-state index in [-0.39, 0.29) is 22.4 Å². The van der Waals surface area contributed by atoms with Gasteiger partial charge in [0.1, 0.15) is 22.7 Å². The number of carbonyl (C=O) groups is 3. The quantitative estimate of drug-likeness (QED) is 0.119. The first-order chi connectivity index (χ1) is 25.2. The minimum Gasteiger partial charge on any atom is -0.494 e. The fourth-order valence-corrected chi connectivity index (χ4v) is 6.79. The molecule has 4 aromatic heterocycles. The average molecular weight is 745 g/mol. The van der Waals surface area contributed by atoms with Gasteiger partial charge in [0.05, 0.1) is 39.9 Å². The van der Waals surface area contributed by atoms with Crippen molar-refractivity contribution in [2.45, 2.75) is 71.6 Å². The van der Waals surface area contributed by atoms with Crippen LogP contribution in [0.2, 0.25) is 0 Å². The summed E-state index contributed by atoms with van der Waals surface area (Å²) in [7, 11) is -2.54. The van der Waals surface area contributed by atoms with E-state index in [1.54, 1.807) is 56.6 Å². The molecule has 0 fully saturated rings. The van der Waals surface area contributed by atoms with E-state index in [1.807, 2.05) is 13.8 Å². The molecule has 6 N–H and O–H groups in total. The lowest BCUT2D eigenvalue weighted by Gasteiger charge is -2.14. The smallest absolute Gasteiger partial charge is 0.276 e. The lowest BCUT2D eigenvalue weighted by atomic mass is 10.1. The summed E-state index contributed by atoms with van der Waals surface area (Å²) in [5.41, 5.74) is 9.71. The lowest BCUT2D eigenvalue weighted by Crippen LogP contribution is -2.20. The third-order valence-electron chi connectivity index (χ3n) is 8.69. The van der Waals surface area contributed by atoms with E-state index >= 15 is 0 Å². The molecule has 0 aliphatic heterocycles. The molecule has 0 bridgehead atoms. The van der Waals surface area contributed by atoms with E-state index in [0.717, 1.165) is 0 Å². The number of nitrogens with zero attached hydrogens (tertiary/aromatic N) is 8. The zero-order valence-electron chi connectivity index (χ0n) is 29.9. The topological polar surface area (TPSA) is 242 Å². The third kappa shape index (κ3) is 7.33. The summed E-state index contributed by atoms with van der Waals surface area (Å²) in [5.74, 6) is -0.719. The Morgan fingerprint density at radius 1 is 0.792 bits per heavy atom. The molecule has 6 aromatic rings. The number of benzene rings is 2. The number of nitrogens with two attached hydrogens (primary N) is 2. The number of primary amides is 1. The van der Waals surface area contributed by atoms with Crippen LogP contribution in [0.25, 0.3) is 22.1 Å². The summed E-state index contributed by atoms with van der Waals surface area (Å²) in [6.07, 6.45) is 1.07. The Balaban J connectivity index is 1.32. The normalized spacial score (nSPS) is 11.7. The van der Waals surface area contributed by atoms with Crippen LogP contribution in [-0.2, 0) is 36.2 Å². The van der Waals surface area contributed by atoms with Crippen LogP contribution in [0.5, 0.6) is 5.75 Å². The van der Waals surface area contributed by atoms with Gasteiger partial charge in [0, 0.05) is 31.7 Å². The molecule has 0 atom stereocenters. The van der Waals surface area contributed by atoms with Crippen molar-refractivity contribution >= 4 is 61.7 Å². The Hall–Kier alpha value is -6.08. The van der Waals surface area contributed by atoms with Crippen molar-refractivity contribution in [2.24, 2.45) is 10.9 Å². The third-order valence-corrected chi connectivity index (χ3v) is 9.60. The Labute approximate surface area is 304 Å². The van der Waals surface area contributed by atoms with Gasteiger partial charge in [-0.1, -0.05) is 0 Å². The largest absolute Gasteiger partial charge is 0.494 e. The Kier molecular flexibility index (Phi) is 10.0. The minimum absolute atomic E-state index is 0.112. The van der Waals surface area contributed by atoms with E-state index in [4.69, 9.17) is 15.6 Å². The monoisotopic (exact) mass is 744 g/mol. The Bertz CT molecular complexity index is 2510. The van der Waals surface area contributed by atoms with Crippen LogP contribution in [0.15, 0.2) is 47.4 Å². The Morgan fingerprint density at radius 3 is 1.87 bits per heavy atom. The maximum absolute atomic E-state index is 13.5. The number of primary sulfonamides is 1. The first kappa shape index (κ1) is 36.7. The van der Waals surface area contributed by atoms with Gasteiger partial charge in [0.15, 0.2) is 0 Å². The number of sulfonamides is 1. The van der Waals surface area contributed by atoms with Crippen LogP contribution < -0.4 is 26.2 Å². The number of rotatable bonds is 14. The molecular formula is C34H40N12O6S. The van der Waals surface area contributed by atoms with Crippen molar-refractivity contribution in [3.63, 3.8) is 0 Å². The van der Waals surface area contributed by atoms with Gasteiger partial charge >= 0.3 is 0 Å². The van der Waals surface area contributed by atoms with Gasteiger partial charge in [-0.15, -0.1) is 0 Å². The highest BCUT2D eigenvalue weighted by molar-refractivity contribution is 7.89. The van der Waals surface area contributed by atoms with E-state index < -0.39 is 27.7 Å². The molecular weight excluding hydrogens is 705 g/mol. The number of methoxy groups -OCH3 is 1. The van der Waals surface area contributed by atoms with Gasteiger partial charge in [-0.2, -0.15) is 10.2 Å². The molecule has 0 aliphatic rings. The Morgan fingerprint density at radius 2 is 1.34 bits per heavy atom. The summed E-state index contributed by atoms with van der Waals surface area (Å²) in [4.78, 5) is 48.2. The first-order valence-electron chi connectivity index (χ1n) is 16.8. The van der Waals surface area contributed by atoms with Gasteiger partial charge in [-0.05, 0) is 83.0 Å². The number of fused-ring (bicyclic) bond motifs is 2. The minimum atomic E-state index is -4.01. The lowest BCUT2D eigenvalue weighted by molar-refractivity contribution is 0.0994. The molecule has 53 heavy (non-hydrogen) atoms. The number of hydrogen-bond acceptors (Lipinski definition) is 10. The number of imidazole rings is 2. The van der Waals surface area contributed by atoms with Gasteiger partial charge in [-0.3, -0.25) is 34.4 Å². The number of amides is 3. The number of aryl methyl sites for hydroxylation is 6. The molecule has 0 saturated carbocycles. The number of nitrogens with one attached hydrogen (secondary N) is 2. The number of ether oxygens (including phenoxy) is 1. The highest BCUT2D eigenvalue weighted by Crippen LogP contribution is 2.32. The molecule has 2 aromatic carbocycles. The second kappa shape index (κ2) is 14.5. The summed E-state index contributed by atoms with van der Waals surface area (Å²) < 4.78 is 36.7. The molecule has 6 rings (SSSR count). The second-order valence-corrected chi connectivity index (χ2v) is 13.9. The van der Waals surface area contributed by atoms with Crippen LogP contribution in [0.3, 0.4) is 0 Å². The molecule has 4 heterocycles. The zero-order valence-corrected chi connectivity index (χ0v) is 30.7. The van der Waals surface area contributed by atoms with Gasteiger partial charge in [-0.25, -0.2) is 23.5 Å². The summed E-state index contributed by atoms with van der Waals surface area (Å²) in [6.45, 7) is 9.03. The van der Waals surface area contributed by atoms with E-state index in [0.29, 0.717) is 89.6 Å². The van der Waals surface area contributed by atoms with Crippen LogP contribution in [0, 0.1) is 13.8 Å². The van der Waals surface area contributed by atoms with Gasteiger partial charge in [0.2, 0.25) is 27.8 Å². The van der Waals surface area contributed by atoms with Crippen molar-refractivity contribution in [1.82, 2.24) is 38.7 Å². The molecule has 278 valence electrons. The van der Waals surface area contributed by atoms with Crippen molar-refractivity contribution < 1.29 is 27.5 Å². The summed E-state index contributed by atoms with van der Waals surface area (Å²) >= 11 is 0. The van der Waals surface area contributed by atoms with Crippen LogP contribution in [-0.4, -0.2) is 71.9 Å². The first-order valence-corrected chi connectivity index (χ1v) is 18.4. The van der Waals surface area contributed by atoms with E-state index in [9.17, 15) is 22.8 Å². The van der Waals surface area contributed by atoms with E-state index in [2.05, 4.69) is 30.8 Å². The van der Waals surface area contributed by atoms with Crippen molar-refractivity contribution in [1.29, 1.82) is 0 Å². The molecule has 18 nitrogen and oxygen atoms in total. The number of anilines is 2. The fraction of sp³-hybridized carbons (Fsp3) is 0.324. The molecule has 19 heteroatoms. The second-order valence-electron chi connectivity index (χ2n) is 12.4. The molecule has 0 radical (unpaired) electrons. The number of carbonyl (C=O) groups excluding carboxylic acids is 3. The maximum atomic E-state index is 13.5. The highest BCUT2D eigenvalue weighted by Gasteiger charge is 2.23. The fourth-order valence-electron chi connectivity index (χ4n) is 6.26. The van der Waals surface area contributed by atoms with E-state index in [1.165, 1.54) is 25.3 Å². The molecule has 0 unspecified atom stereocenters. The maximum Gasteiger partial charge on any atom is 0.276 e. The molecule has 0 spiro atoms. The highest BCUT2D eigenvalue weighted by atomic mass is 32.2. The van der Waals surface area contributed by atoms with Crippen molar-refractivity contribution in [3.8, 4) is 5.75 Å². The predicted octanol–water partition coefficient (Wildman–Crippen LogP) is 3.18. The molecule has 3 amide bonds. The molecule has 0 aliphatic carbocycles. The van der Waals surface area contributed by atoms with Crippen LogP contribution in [0.1, 0.15) is 69.4 Å². The molecule has 0 saturated heterocycles. The van der Waals surface area contributed by atoms with Crippen LogP contribution in [0.4, 0.5) is 11.9 Å². The summed E-state index contributed by atoms with van der Waals surface area (Å²) in [6, 6.07) is 10.8. The van der Waals surface area contributed by atoms with Gasteiger partial charge < -0.3 is 19.6 Å². The number of unbranched alkanes of at least 4 members (excludes halogenated alkanes) is 1. The van der Waals surface area contributed by atoms with Crippen LogP contribution >= 0.6 is 0 Å². The summed E-state index contributed by atoms with van der Waals surface area (Å²) in [5, 5.41) is 19.9. The number of aromatic nitrogens is 8. The van der Waals surface area contributed by atoms with Crippen molar-refractivity contribution in [3.05, 3.63) is 70.8 Å². The van der Waals surface area contributed by atoms with Crippen molar-refractivity contribution in [2.75, 3.05) is 17.7 Å². The predicted molar refractivity (Wildman–Crippen MR) is 196 cm³/mol. The average Bonchev–Trinajstić information content (AvgIpc) is 3.87. The number of hydrogen-bond donors (Lipinski definition) is 4. The SMILES string of the molecule is CCn1nc(C)cc1C(=O)Nc1nc2cc(S(N)(=O)=O)ccc2n1CCCCn1c(NC(=O)c2cc(C)nn2CC)nc2cc(C(N)=O)cc(OC)c21.